The lowest BCUT2D eigenvalue weighted by atomic mass is 9.95. The molecule has 88 valence electrons. The number of fused-ring (bicyclic) bond motifs is 1. The molecule has 2 heterocycles. The summed E-state index contributed by atoms with van der Waals surface area (Å²) in [5.74, 6) is 0.556. The van der Waals surface area contributed by atoms with Gasteiger partial charge in [0.25, 0.3) is 0 Å². The minimum atomic E-state index is 0.556. The van der Waals surface area contributed by atoms with Gasteiger partial charge in [0.1, 0.15) is 5.52 Å². The molecule has 4 heteroatoms. The molecule has 3 rings (SSSR count). The van der Waals surface area contributed by atoms with Gasteiger partial charge in [-0.15, -0.1) is 0 Å². The van der Waals surface area contributed by atoms with Gasteiger partial charge in [-0.25, -0.2) is 4.98 Å². The van der Waals surface area contributed by atoms with Gasteiger partial charge < -0.3 is 5.32 Å². The van der Waals surface area contributed by atoms with E-state index in [-0.39, 0.29) is 0 Å². The number of para-hydroxylation sites is 1. The Balaban J connectivity index is 2.03. The van der Waals surface area contributed by atoms with Crippen LogP contribution in [-0.4, -0.2) is 23.1 Å². The van der Waals surface area contributed by atoms with Gasteiger partial charge in [-0.2, -0.15) is 0 Å². The fourth-order valence-corrected chi connectivity index (χ4v) is 2.77. The van der Waals surface area contributed by atoms with E-state index in [9.17, 15) is 0 Å². The molecule has 0 radical (unpaired) electrons. The Labute approximate surface area is 109 Å². The van der Waals surface area contributed by atoms with Crippen molar-refractivity contribution in [2.45, 2.75) is 18.8 Å². The highest BCUT2D eigenvalue weighted by molar-refractivity contribution is 9.10. The lowest BCUT2D eigenvalue weighted by Crippen LogP contribution is -2.27. The molecule has 0 bridgehead atoms. The number of halogens is 1. The first-order chi connectivity index (χ1) is 8.34. The van der Waals surface area contributed by atoms with Gasteiger partial charge in [-0.05, 0) is 54.0 Å². The van der Waals surface area contributed by atoms with Gasteiger partial charge in [0.2, 0.25) is 0 Å². The summed E-state index contributed by atoms with van der Waals surface area (Å²) in [6.07, 6.45) is 4.25. The van der Waals surface area contributed by atoms with E-state index in [1.807, 2.05) is 24.4 Å². The van der Waals surface area contributed by atoms with Crippen LogP contribution in [0.25, 0.3) is 11.0 Å². The number of benzene rings is 1. The Morgan fingerprint density at radius 3 is 2.88 bits per heavy atom. The largest absolute Gasteiger partial charge is 0.317 e. The SMILES string of the molecule is Brc1cccc2ncc(C3CCNCC3)nc12. The zero-order valence-electron chi connectivity index (χ0n) is 9.49. The highest BCUT2D eigenvalue weighted by Crippen LogP contribution is 2.26. The van der Waals surface area contributed by atoms with E-state index in [0.717, 1.165) is 47.1 Å². The van der Waals surface area contributed by atoms with Crippen molar-refractivity contribution in [2.75, 3.05) is 13.1 Å². The van der Waals surface area contributed by atoms with Crippen LogP contribution in [0.3, 0.4) is 0 Å². The van der Waals surface area contributed by atoms with Crippen LogP contribution in [0.15, 0.2) is 28.9 Å². The molecule has 0 aliphatic carbocycles. The van der Waals surface area contributed by atoms with Crippen molar-refractivity contribution in [3.05, 3.63) is 34.6 Å². The maximum Gasteiger partial charge on any atom is 0.103 e. The first kappa shape index (κ1) is 11.1. The fraction of sp³-hybridized carbons (Fsp3) is 0.385. The fourth-order valence-electron chi connectivity index (χ4n) is 2.33. The van der Waals surface area contributed by atoms with Gasteiger partial charge in [0.15, 0.2) is 0 Å². The maximum atomic E-state index is 4.76. The normalized spacial score (nSPS) is 17.5. The van der Waals surface area contributed by atoms with Gasteiger partial charge >= 0.3 is 0 Å². The lowest BCUT2D eigenvalue weighted by molar-refractivity contribution is 0.453. The lowest BCUT2D eigenvalue weighted by Gasteiger charge is -2.21. The van der Waals surface area contributed by atoms with Crippen LogP contribution < -0.4 is 5.32 Å². The standard InChI is InChI=1S/C13H14BrN3/c14-10-2-1-3-11-13(10)17-12(8-16-11)9-4-6-15-7-5-9/h1-3,8-9,15H,4-7H2. The van der Waals surface area contributed by atoms with Crippen molar-refractivity contribution in [1.29, 1.82) is 0 Å². The number of hydrogen-bond acceptors (Lipinski definition) is 3. The second-order valence-corrected chi connectivity index (χ2v) is 5.28. The molecule has 1 aromatic heterocycles. The molecule has 0 saturated carbocycles. The first-order valence-electron chi connectivity index (χ1n) is 5.96. The average molecular weight is 292 g/mol. The molecule has 1 N–H and O–H groups in total. The molecular formula is C13H14BrN3. The summed E-state index contributed by atoms with van der Waals surface area (Å²) in [6.45, 7) is 2.17. The van der Waals surface area contributed by atoms with E-state index in [2.05, 4.69) is 26.2 Å². The van der Waals surface area contributed by atoms with Gasteiger partial charge in [-0.3, -0.25) is 4.98 Å². The topological polar surface area (TPSA) is 37.8 Å². The molecule has 0 unspecified atom stereocenters. The highest BCUT2D eigenvalue weighted by atomic mass is 79.9. The summed E-state index contributed by atoms with van der Waals surface area (Å²) in [6, 6.07) is 6.01. The van der Waals surface area contributed by atoms with Crippen molar-refractivity contribution in [3.63, 3.8) is 0 Å². The van der Waals surface area contributed by atoms with Crippen molar-refractivity contribution < 1.29 is 0 Å². The molecule has 1 saturated heterocycles. The number of rotatable bonds is 1. The third kappa shape index (κ3) is 2.19. The van der Waals surface area contributed by atoms with Crippen LogP contribution in [0, 0.1) is 0 Å². The third-order valence-corrected chi connectivity index (χ3v) is 3.94. The molecule has 3 nitrogen and oxygen atoms in total. The number of piperidine rings is 1. The molecule has 1 aliphatic heterocycles. The van der Waals surface area contributed by atoms with Gasteiger partial charge in [0.05, 0.1) is 11.2 Å². The first-order valence-corrected chi connectivity index (χ1v) is 6.76. The predicted molar refractivity (Wildman–Crippen MR) is 72.1 cm³/mol. The number of nitrogens with zero attached hydrogens (tertiary/aromatic N) is 2. The molecule has 1 aliphatic rings. The summed E-state index contributed by atoms with van der Waals surface area (Å²) in [7, 11) is 0. The quantitative estimate of drug-likeness (QED) is 0.878. The zero-order valence-corrected chi connectivity index (χ0v) is 11.1. The van der Waals surface area contributed by atoms with Crippen molar-refractivity contribution in [2.24, 2.45) is 0 Å². The predicted octanol–water partition coefficient (Wildman–Crippen LogP) is 2.86. The van der Waals surface area contributed by atoms with E-state index in [1.54, 1.807) is 0 Å². The number of nitrogens with one attached hydrogen (secondary N) is 1. The van der Waals surface area contributed by atoms with Crippen LogP contribution >= 0.6 is 15.9 Å². The monoisotopic (exact) mass is 291 g/mol. The second kappa shape index (κ2) is 4.70. The van der Waals surface area contributed by atoms with Crippen LogP contribution in [0.2, 0.25) is 0 Å². The van der Waals surface area contributed by atoms with Crippen LogP contribution in [0.4, 0.5) is 0 Å². The van der Waals surface area contributed by atoms with Crippen molar-refractivity contribution in [3.8, 4) is 0 Å². The minimum absolute atomic E-state index is 0.556. The number of hydrogen-bond donors (Lipinski definition) is 1. The summed E-state index contributed by atoms with van der Waals surface area (Å²) in [5, 5.41) is 3.38. The van der Waals surface area contributed by atoms with Gasteiger partial charge in [-0.1, -0.05) is 6.07 Å². The van der Waals surface area contributed by atoms with Gasteiger partial charge in [0, 0.05) is 16.6 Å². The van der Waals surface area contributed by atoms with Crippen molar-refractivity contribution >= 4 is 27.0 Å². The highest BCUT2D eigenvalue weighted by Gasteiger charge is 2.17. The molecular weight excluding hydrogens is 278 g/mol. The molecule has 0 amide bonds. The molecule has 1 aromatic carbocycles. The van der Waals surface area contributed by atoms with E-state index >= 15 is 0 Å². The molecule has 2 aromatic rings. The summed E-state index contributed by atoms with van der Waals surface area (Å²) in [5.41, 5.74) is 3.06. The Kier molecular flexibility index (Phi) is 3.07. The number of aromatic nitrogens is 2. The van der Waals surface area contributed by atoms with Crippen LogP contribution in [0.5, 0.6) is 0 Å². The Bertz CT molecular complexity index is 535. The van der Waals surface area contributed by atoms with Crippen LogP contribution in [0.1, 0.15) is 24.5 Å². The zero-order chi connectivity index (χ0) is 11.7. The van der Waals surface area contributed by atoms with Crippen LogP contribution in [-0.2, 0) is 0 Å². The van der Waals surface area contributed by atoms with Crippen molar-refractivity contribution in [1.82, 2.24) is 15.3 Å². The smallest absolute Gasteiger partial charge is 0.103 e. The summed E-state index contributed by atoms with van der Waals surface area (Å²) >= 11 is 3.54. The maximum absolute atomic E-state index is 4.76. The second-order valence-electron chi connectivity index (χ2n) is 4.43. The Morgan fingerprint density at radius 2 is 2.06 bits per heavy atom. The average Bonchev–Trinajstić information content (AvgIpc) is 2.40. The molecule has 0 atom stereocenters. The van der Waals surface area contributed by atoms with E-state index < -0.39 is 0 Å². The molecule has 17 heavy (non-hydrogen) atoms. The van der Waals surface area contributed by atoms with E-state index in [1.165, 1.54) is 0 Å². The summed E-state index contributed by atoms with van der Waals surface area (Å²) < 4.78 is 1.03. The molecule has 0 spiro atoms. The van der Waals surface area contributed by atoms with E-state index in [4.69, 9.17) is 4.98 Å². The minimum Gasteiger partial charge on any atom is -0.317 e. The van der Waals surface area contributed by atoms with E-state index in [0.29, 0.717) is 5.92 Å². The molecule has 1 fully saturated rings. The Hall–Kier alpha value is -1.00. The Morgan fingerprint density at radius 1 is 1.24 bits per heavy atom. The third-order valence-electron chi connectivity index (χ3n) is 3.30. The summed E-state index contributed by atoms with van der Waals surface area (Å²) in [4.78, 5) is 9.27.